The minimum Gasteiger partial charge on any atom is -0.469 e. The van der Waals surface area contributed by atoms with Gasteiger partial charge < -0.3 is 23.9 Å². The number of methoxy groups -OCH3 is 1. The second-order valence-corrected chi connectivity index (χ2v) is 11.9. The van der Waals surface area contributed by atoms with Crippen molar-refractivity contribution in [1.29, 1.82) is 0 Å². The number of ether oxygens (including phenoxy) is 1. The summed E-state index contributed by atoms with van der Waals surface area (Å²) < 4.78 is 18.2. The largest absolute Gasteiger partial charge is 0.505 e. The lowest BCUT2D eigenvalue weighted by atomic mass is 9.88. The van der Waals surface area contributed by atoms with Gasteiger partial charge in [0.25, 0.3) is 0 Å². The van der Waals surface area contributed by atoms with Crippen LogP contribution >= 0.6 is 11.3 Å². The summed E-state index contributed by atoms with van der Waals surface area (Å²) in [6, 6.07) is 3.96. The molecular weight excluding hydrogens is 465 g/mol. The number of rotatable bonds is 7. The molecule has 35 heavy (non-hydrogen) atoms. The molecule has 1 N–H and O–H groups in total. The lowest BCUT2D eigenvalue weighted by Crippen LogP contribution is -2.41. The van der Waals surface area contributed by atoms with Gasteiger partial charge in [-0.3, -0.25) is 9.59 Å². The number of amides is 1. The lowest BCUT2D eigenvalue weighted by molar-refractivity contribution is -0.148. The SMILES string of the molecule is COC(=O)C[C@H](C(=O)N1CCC[C@H]1c1ncc(-c2ccc(B3OC(C)(C)C(C)(C)O3)s2)[nH]1)C(C)C. The van der Waals surface area contributed by atoms with Gasteiger partial charge in [-0.15, -0.1) is 11.3 Å². The molecule has 190 valence electrons. The molecule has 0 radical (unpaired) electrons. The van der Waals surface area contributed by atoms with Crippen LogP contribution in [0.1, 0.15) is 72.7 Å². The summed E-state index contributed by atoms with van der Waals surface area (Å²) in [6.07, 6.45) is 3.66. The van der Waals surface area contributed by atoms with Crippen molar-refractivity contribution < 1.29 is 23.6 Å². The molecular formula is C25H36BN3O5S. The second kappa shape index (κ2) is 9.71. The maximum Gasteiger partial charge on any atom is 0.505 e. The van der Waals surface area contributed by atoms with E-state index in [4.69, 9.17) is 14.0 Å². The summed E-state index contributed by atoms with van der Waals surface area (Å²) in [5.74, 6) is 0.0392. The number of esters is 1. The van der Waals surface area contributed by atoms with Crippen molar-refractivity contribution >= 4 is 35.1 Å². The highest BCUT2D eigenvalue weighted by Gasteiger charge is 2.52. The topological polar surface area (TPSA) is 93.8 Å². The first-order valence-corrected chi connectivity index (χ1v) is 13.1. The first kappa shape index (κ1) is 25.9. The van der Waals surface area contributed by atoms with Gasteiger partial charge in [-0.1, -0.05) is 19.9 Å². The molecule has 4 heterocycles. The van der Waals surface area contributed by atoms with Crippen LogP contribution < -0.4 is 4.78 Å². The van der Waals surface area contributed by atoms with Crippen LogP contribution in [0, 0.1) is 11.8 Å². The standard InChI is InChI=1S/C25H36BN3O5S/c1-15(2)16(13-21(30)32-7)23(31)29-12-8-9-18(29)22-27-14-17(28-22)19-10-11-20(35-19)26-33-24(3,4)25(5,6)34-26/h10-11,14-16,18H,8-9,12-13H2,1-7H3,(H,27,28)/t16-,18-/m0/s1. The molecule has 0 aromatic carbocycles. The van der Waals surface area contributed by atoms with E-state index in [2.05, 4.69) is 9.97 Å². The molecule has 2 fully saturated rings. The average Bonchev–Trinajstić information content (AvgIpc) is 3.56. The molecule has 10 heteroatoms. The Labute approximate surface area is 211 Å². The number of hydrogen-bond acceptors (Lipinski definition) is 7. The third-order valence-electron chi connectivity index (χ3n) is 7.56. The molecule has 2 aromatic rings. The van der Waals surface area contributed by atoms with E-state index >= 15 is 0 Å². The third-order valence-corrected chi connectivity index (χ3v) is 8.70. The molecule has 4 rings (SSSR count). The van der Waals surface area contributed by atoms with Crippen molar-refractivity contribution in [2.45, 2.75) is 78.0 Å². The molecule has 8 nitrogen and oxygen atoms in total. The summed E-state index contributed by atoms with van der Waals surface area (Å²) in [5.41, 5.74) is 0.133. The molecule has 0 unspecified atom stereocenters. The van der Waals surface area contributed by atoms with Gasteiger partial charge in [-0.05, 0) is 52.5 Å². The van der Waals surface area contributed by atoms with Gasteiger partial charge in [0, 0.05) is 11.3 Å². The zero-order valence-electron chi connectivity index (χ0n) is 21.7. The number of carbonyl (C=O) groups excluding carboxylic acids is 2. The number of imidazole rings is 1. The number of H-pyrrole nitrogens is 1. The molecule has 2 atom stereocenters. The van der Waals surface area contributed by atoms with Crippen LogP contribution in [0.3, 0.4) is 0 Å². The summed E-state index contributed by atoms with van der Waals surface area (Å²) >= 11 is 1.61. The molecule has 2 saturated heterocycles. The smallest absolute Gasteiger partial charge is 0.469 e. The first-order chi connectivity index (χ1) is 16.4. The number of aromatic nitrogens is 2. The number of aromatic amines is 1. The molecule has 2 aliphatic rings. The maximum atomic E-state index is 13.4. The Bertz CT molecular complexity index is 1060. The van der Waals surface area contributed by atoms with Gasteiger partial charge >= 0.3 is 13.1 Å². The van der Waals surface area contributed by atoms with Crippen LogP contribution in [0.25, 0.3) is 10.6 Å². The van der Waals surface area contributed by atoms with Crippen molar-refractivity contribution in [2.75, 3.05) is 13.7 Å². The monoisotopic (exact) mass is 501 g/mol. The fourth-order valence-corrected chi connectivity index (χ4v) is 5.55. The third kappa shape index (κ3) is 5.06. The molecule has 2 aliphatic heterocycles. The van der Waals surface area contributed by atoms with E-state index in [1.165, 1.54) is 7.11 Å². The highest BCUT2D eigenvalue weighted by molar-refractivity contribution is 7.25. The predicted molar refractivity (Wildman–Crippen MR) is 136 cm³/mol. The quantitative estimate of drug-likeness (QED) is 0.457. The Morgan fingerprint density at radius 2 is 1.94 bits per heavy atom. The molecule has 0 saturated carbocycles. The zero-order valence-corrected chi connectivity index (χ0v) is 22.5. The van der Waals surface area contributed by atoms with Crippen LogP contribution in [0.15, 0.2) is 18.3 Å². The molecule has 1 amide bonds. The van der Waals surface area contributed by atoms with Crippen molar-refractivity contribution in [2.24, 2.45) is 11.8 Å². The van der Waals surface area contributed by atoms with Gasteiger partial charge in [-0.25, -0.2) is 4.98 Å². The van der Waals surface area contributed by atoms with E-state index in [0.29, 0.717) is 6.54 Å². The normalized spacial score (nSPS) is 22.1. The number of carbonyl (C=O) groups is 2. The van der Waals surface area contributed by atoms with Crippen molar-refractivity contribution in [1.82, 2.24) is 14.9 Å². The second-order valence-electron chi connectivity index (χ2n) is 10.8. The van der Waals surface area contributed by atoms with Crippen LogP contribution in [0.4, 0.5) is 0 Å². The Hall–Kier alpha value is -2.17. The molecule has 2 aromatic heterocycles. The van der Waals surface area contributed by atoms with Crippen LogP contribution in [-0.4, -0.2) is 58.7 Å². The van der Waals surface area contributed by atoms with Gasteiger partial charge in [0.1, 0.15) is 5.82 Å². The summed E-state index contributed by atoms with van der Waals surface area (Å²) in [5, 5.41) is 0. The van der Waals surface area contributed by atoms with Gasteiger partial charge in [0.15, 0.2) is 0 Å². The van der Waals surface area contributed by atoms with Crippen LogP contribution in [0.5, 0.6) is 0 Å². The Balaban J connectivity index is 1.50. The van der Waals surface area contributed by atoms with E-state index in [-0.39, 0.29) is 41.5 Å². The zero-order chi connectivity index (χ0) is 25.5. The number of hydrogen-bond donors (Lipinski definition) is 1. The highest BCUT2D eigenvalue weighted by Crippen LogP contribution is 2.38. The number of likely N-dealkylation sites (tertiary alicyclic amines) is 1. The Morgan fingerprint density at radius 1 is 1.26 bits per heavy atom. The fraction of sp³-hybridized carbons (Fsp3) is 0.640. The van der Waals surface area contributed by atoms with E-state index in [0.717, 1.165) is 34.0 Å². The Morgan fingerprint density at radius 3 is 2.57 bits per heavy atom. The van der Waals surface area contributed by atoms with E-state index in [9.17, 15) is 9.59 Å². The minimum absolute atomic E-state index is 0.00924. The van der Waals surface area contributed by atoms with Crippen molar-refractivity contribution in [3.8, 4) is 10.6 Å². The van der Waals surface area contributed by atoms with Crippen molar-refractivity contribution in [3.05, 3.63) is 24.2 Å². The molecule has 0 bridgehead atoms. The highest BCUT2D eigenvalue weighted by atomic mass is 32.1. The number of nitrogens with zero attached hydrogens (tertiary/aromatic N) is 2. The Kier molecular flexibility index (Phi) is 7.19. The van der Waals surface area contributed by atoms with Crippen molar-refractivity contribution in [3.63, 3.8) is 0 Å². The van der Waals surface area contributed by atoms with E-state index in [1.54, 1.807) is 11.3 Å². The minimum atomic E-state index is -0.405. The van der Waals surface area contributed by atoms with Crippen LogP contribution in [0.2, 0.25) is 0 Å². The predicted octanol–water partition coefficient (Wildman–Crippen LogP) is 3.94. The fourth-order valence-electron chi connectivity index (χ4n) is 4.61. The summed E-state index contributed by atoms with van der Waals surface area (Å²) in [4.78, 5) is 36.3. The van der Waals surface area contributed by atoms with Gasteiger partial charge in [0.05, 0.1) is 53.5 Å². The summed E-state index contributed by atoms with van der Waals surface area (Å²) in [6.45, 7) is 12.8. The van der Waals surface area contributed by atoms with Gasteiger partial charge in [-0.2, -0.15) is 0 Å². The van der Waals surface area contributed by atoms with E-state index < -0.39 is 13.0 Å². The molecule has 0 aliphatic carbocycles. The number of nitrogens with one attached hydrogen (secondary N) is 1. The van der Waals surface area contributed by atoms with Crippen LogP contribution in [-0.2, 0) is 23.6 Å². The molecule has 0 spiro atoms. The van der Waals surface area contributed by atoms with E-state index in [1.807, 2.05) is 64.8 Å². The number of thiophene rings is 1. The lowest BCUT2D eigenvalue weighted by Gasteiger charge is -2.32. The average molecular weight is 501 g/mol. The first-order valence-electron chi connectivity index (χ1n) is 12.3. The maximum absolute atomic E-state index is 13.4. The summed E-state index contributed by atoms with van der Waals surface area (Å²) in [7, 11) is 0.961. The van der Waals surface area contributed by atoms with Gasteiger partial charge in [0.2, 0.25) is 5.91 Å².